The zero-order chi connectivity index (χ0) is 15.6. The highest BCUT2D eigenvalue weighted by atomic mass is 19.4. The molecule has 0 aliphatic rings. The van der Waals surface area contributed by atoms with Gasteiger partial charge in [-0.2, -0.15) is 26.3 Å². The summed E-state index contributed by atoms with van der Waals surface area (Å²) in [6, 6.07) is 0. The molecule has 6 heteroatoms. The van der Waals surface area contributed by atoms with Gasteiger partial charge in [0.1, 0.15) is 0 Å². The fraction of sp³-hybridized carbons (Fsp3) is 1.00. The lowest BCUT2D eigenvalue weighted by molar-refractivity contribution is -0.171. The van der Waals surface area contributed by atoms with Gasteiger partial charge in [0.15, 0.2) is 0 Å². The van der Waals surface area contributed by atoms with Crippen LogP contribution in [0.4, 0.5) is 26.3 Å². The molecule has 20 heavy (non-hydrogen) atoms. The van der Waals surface area contributed by atoms with E-state index in [9.17, 15) is 26.3 Å². The quantitative estimate of drug-likeness (QED) is 0.313. The van der Waals surface area contributed by atoms with Gasteiger partial charge in [-0.1, -0.05) is 51.9 Å². The molecule has 0 radical (unpaired) electrons. The minimum Gasteiger partial charge on any atom is -0.171 e. The van der Waals surface area contributed by atoms with E-state index in [0.717, 1.165) is 32.1 Å². The zero-order valence-electron chi connectivity index (χ0n) is 11.9. The lowest BCUT2D eigenvalue weighted by Crippen LogP contribution is -2.19. The number of alkyl halides is 6. The van der Waals surface area contributed by atoms with Crippen LogP contribution in [0, 0.1) is 5.92 Å². The van der Waals surface area contributed by atoms with Gasteiger partial charge in [0, 0.05) is 6.42 Å². The van der Waals surface area contributed by atoms with Crippen molar-refractivity contribution < 1.29 is 26.3 Å². The number of rotatable bonds is 10. The predicted octanol–water partition coefficient (Wildman–Crippen LogP) is 6.65. The minimum atomic E-state index is -4.10. The van der Waals surface area contributed by atoms with Gasteiger partial charge in [0.05, 0.1) is 5.92 Å². The molecule has 0 bridgehead atoms. The van der Waals surface area contributed by atoms with Gasteiger partial charge in [-0.25, -0.2) is 0 Å². The van der Waals surface area contributed by atoms with Crippen molar-refractivity contribution in [2.24, 2.45) is 5.92 Å². The fourth-order valence-corrected chi connectivity index (χ4v) is 2.00. The number of hydrogen-bond acceptors (Lipinski definition) is 0. The molecule has 0 heterocycles. The van der Waals surface area contributed by atoms with Crippen LogP contribution in [0.1, 0.15) is 71.1 Å². The van der Waals surface area contributed by atoms with Gasteiger partial charge >= 0.3 is 12.4 Å². The first-order valence-electron chi connectivity index (χ1n) is 7.26. The fourth-order valence-electron chi connectivity index (χ4n) is 2.00. The normalized spacial score (nSPS) is 14.6. The van der Waals surface area contributed by atoms with Gasteiger partial charge in [0.25, 0.3) is 0 Å². The van der Waals surface area contributed by atoms with Crippen LogP contribution in [0.5, 0.6) is 0 Å². The van der Waals surface area contributed by atoms with E-state index in [0.29, 0.717) is 12.8 Å². The van der Waals surface area contributed by atoms with Gasteiger partial charge in [0.2, 0.25) is 0 Å². The van der Waals surface area contributed by atoms with Gasteiger partial charge < -0.3 is 0 Å². The summed E-state index contributed by atoms with van der Waals surface area (Å²) >= 11 is 0. The minimum absolute atomic E-state index is 0.162. The molecule has 0 fully saturated rings. The van der Waals surface area contributed by atoms with E-state index in [4.69, 9.17) is 0 Å². The molecule has 1 atom stereocenters. The Bertz CT molecular complexity index is 231. The molecule has 0 rings (SSSR count). The second kappa shape index (κ2) is 9.50. The monoisotopic (exact) mass is 306 g/mol. The van der Waals surface area contributed by atoms with Crippen LogP contribution in [0.3, 0.4) is 0 Å². The summed E-state index contributed by atoms with van der Waals surface area (Å²) in [6.45, 7) is 1.20. The van der Waals surface area contributed by atoms with E-state index >= 15 is 0 Å². The first-order chi connectivity index (χ1) is 9.13. The zero-order valence-corrected chi connectivity index (χ0v) is 11.9. The Balaban J connectivity index is 3.26. The average Bonchev–Trinajstić information content (AvgIpc) is 2.28. The molecule has 0 aromatic carbocycles. The maximum atomic E-state index is 12.2. The van der Waals surface area contributed by atoms with Gasteiger partial charge in [-0.15, -0.1) is 0 Å². The highest BCUT2D eigenvalue weighted by molar-refractivity contribution is 4.62. The molecule has 0 saturated heterocycles. The van der Waals surface area contributed by atoms with E-state index < -0.39 is 24.7 Å². The van der Waals surface area contributed by atoms with Crippen LogP contribution < -0.4 is 0 Å². The maximum Gasteiger partial charge on any atom is 0.391 e. The van der Waals surface area contributed by atoms with E-state index in [1.807, 2.05) is 0 Å². The number of unbranched alkanes of at least 4 members (excludes halogenated alkanes) is 7. The van der Waals surface area contributed by atoms with E-state index in [1.165, 1.54) is 6.92 Å². The Morgan fingerprint density at radius 1 is 0.650 bits per heavy atom. The Morgan fingerprint density at radius 2 is 1.05 bits per heavy atom. The van der Waals surface area contributed by atoms with Crippen molar-refractivity contribution in [3.63, 3.8) is 0 Å². The van der Waals surface area contributed by atoms with E-state index in [-0.39, 0.29) is 12.8 Å². The highest BCUT2D eigenvalue weighted by Crippen LogP contribution is 2.29. The van der Waals surface area contributed by atoms with Crippen molar-refractivity contribution in [1.82, 2.24) is 0 Å². The topological polar surface area (TPSA) is 0 Å². The highest BCUT2D eigenvalue weighted by Gasteiger charge is 2.34. The molecule has 0 spiro atoms. The molecule has 122 valence electrons. The summed E-state index contributed by atoms with van der Waals surface area (Å²) in [7, 11) is 0. The summed E-state index contributed by atoms with van der Waals surface area (Å²) in [5, 5.41) is 0. The second-order valence-corrected chi connectivity index (χ2v) is 5.42. The van der Waals surface area contributed by atoms with Crippen molar-refractivity contribution >= 4 is 0 Å². The van der Waals surface area contributed by atoms with Crippen LogP contribution >= 0.6 is 0 Å². The van der Waals surface area contributed by atoms with Gasteiger partial charge in [-0.05, 0) is 12.8 Å². The molecular weight excluding hydrogens is 282 g/mol. The van der Waals surface area contributed by atoms with Crippen molar-refractivity contribution in [2.45, 2.75) is 83.5 Å². The molecule has 0 aliphatic heterocycles. The van der Waals surface area contributed by atoms with Crippen LogP contribution in [-0.4, -0.2) is 12.4 Å². The summed E-state index contributed by atoms with van der Waals surface area (Å²) in [6.07, 6.45) is -3.24. The van der Waals surface area contributed by atoms with Crippen LogP contribution in [0.25, 0.3) is 0 Å². The van der Waals surface area contributed by atoms with Gasteiger partial charge in [-0.3, -0.25) is 0 Å². The third kappa shape index (κ3) is 12.6. The Kier molecular flexibility index (Phi) is 9.30. The van der Waals surface area contributed by atoms with Crippen LogP contribution in [-0.2, 0) is 0 Å². The SMILES string of the molecule is CC(CCCCCCCCCCC(F)(F)F)C(F)(F)F. The van der Waals surface area contributed by atoms with E-state index in [2.05, 4.69) is 0 Å². The van der Waals surface area contributed by atoms with E-state index in [1.54, 1.807) is 0 Å². The molecule has 0 N–H and O–H groups in total. The first-order valence-corrected chi connectivity index (χ1v) is 7.26. The molecule has 1 unspecified atom stereocenters. The van der Waals surface area contributed by atoms with Crippen molar-refractivity contribution in [3.8, 4) is 0 Å². The Hall–Kier alpha value is -0.420. The van der Waals surface area contributed by atoms with Crippen molar-refractivity contribution in [2.75, 3.05) is 0 Å². The molecule has 0 nitrogen and oxygen atoms in total. The summed E-state index contributed by atoms with van der Waals surface area (Å²) < 4.78 is 72.1. The van der Waals surface area contributed by atoms with Crippen molar-refractivity contribution in [3.05, 3.63) is 0 Å². The predicted molar refractivity (Wildman–Crippen MR) is 67.4 cm³/mol. The number of halogens is 6. The molecule has 0 amide bonds. The summed E-state index contributed by atoms with van der Waals surface area (Å²) in [5.41, 5.74) is 0. The summed E-state index contributed by atoms with van der Waals surface area (Å²) in [4.78, 5) is 0. The lowest BCUT2D eigenvalue weighted by atomic mass is 10.0. The average molecular weight is 306 g/mol. The Labute approximate surface area is 116 Å². The molecule has 0 saturated carbocycles. The smallest absolute Gasteiger partial charge is 0.171 e. The third-order valence-electron chi connectivity index (χ3n) is 3.41. The molecule has 0 aromatic heterocycles. The molecule has 0 aromatic rings. The standard InChI is InChI=1S/C14H24F6/c1-12(14(18,19)20)10-8-6-4-2-3-5-7-9-11-13(15,16)17/h12H,2-11H2,1H3. The Morgan fingerprint density at radius 3 is 1.45 bits per heavy atom. The lowest BCUT2D eigenvalue weighted by Gasteiger charge is -2.14. The van der Waals surface area contributed by atoms with Crippen molar-refractivity contribution in [1.29, 1.82) is 0 Å². The number of hydrogen-bond donors (Lipinski definition) is 0. The largest absolute Gasteiger partial charge is 0.391 e. The molecule has 0 aliphatic carbocycles. The summed E-state index contributed by atoms with van der Waals surface area (Å²) in [5.74, 6) is -1.25. The third-order valence-corrected chi connectivity index (χ3v) is 3.41. The first kappa shape index (κ1) is 19.6. The molecular formula is C14H24F6. The second-order valence-electron chi connectivity index (χ2n) is 5.42. The maximum absolute atomic E-state index is 12.2. The van der Waals surface area contributed by atoms with Crippen LogP contribution in [0.15, 0.2) is 0 Å². The van der Waals surface area contributed by atoms with Crippen LogP contribution in [0.2, 0.25) is 0 Å².